The van der Waals surface area contributed by atoms with E-state index in [1.54, 1.807) is 0 Å². The van der Waals surface area contributed by atoms with Crippen molar-refractivity contribution in [2.75, 3.05) is 6.54 Å². The van der Waals surface area contributed by atoms with E-state index in [9.17, 15) is 4.79 Å². The average Bonchev–Trinajstić information content (AvgIpc) is 2.90. The third-order valence-electron chi connectivity index (χ3n) is 3.50. The highest BCUT2D eigenvalue weighted by atomic mass is 16.6. The third-order valence-corrected chi connectivity index (χ3v) is 3.50. The van der Waals surface area contributed by atoms with Crippen LogP contribution in [0.4, 0.5) is 4.79 Å². The summed E-state index contributed by atoms with van der Waals surface area (Å²) in [6.07, 6.45) is 4.35. The van der Waals surface area contributed by atoms with E-state index in [-0.39, 0.29) is 18.2 Å². The second-order valence-corrected chi connectivity index (χ2v) is 6.37. The van der Waals surface area contributed by atoms with Gasteiger partial charge in [-0.05, 0) is 39.5 Å². The van der Waals surface area contributed by atoms with E-state index in [4.69, 9.17) is 10.5 Å². The van der Waals surface area contributed by atoms with Crippen LogP contribution in [-0.2, 0) is 4.74 Å². The van der Waals surface area contributed by atoms with Gasteiger partial charge >= 0.3 is 6.09 Å². The molecule has 4 heteroatoms. The second kappa shape index (κ2) is 4.48. The fourth-order valence-electron chi connectivity index (χ4n) is 2.42. The van der Waals surface area contributed by atoms with Crippen molar-refractivity contribution in [3.05, 3.63) is 0 Å². The third kappa shape index (κ3) is 3.35. The summed E-state index contributed by atoms with van der Waals surface area (Å²) in [5.74, 6) is 0.786. The number of carbonyl (C=O) groups is 1. The highest BCUT2D eigenvalue weighted by Crippen LogP contribution is 2.37. The Morgan fingerprint density at radius 3 is 2.53 bits per heavy atom. The summed E-state index contributed by atoms with van der Waals surface area (Å²) in [5.41, 5.74) is 5.67. The van der Waals surface area contributed by atoms with Crippen LogP contribution in [0.1, 0.15) is 46.5 Å². The lowest BCUT2D eigenvalue weighted by Crippen LogP contribution is -2.45. The van der Waals surface area contributed by atoms with Crippen molar-refractivity contribution in [3.63, 3.8) is 0 Å². The standard InChI is InChI=1S/C13H24N2O2/c1-13(2,3)17-12(16)15-7-6-10(14)11(15)8-9-4-5-9/h9-11H,4-8,14H2,1-3H3/t10-,11?/m1/s1. The zero-order chi connectivity index (χ0) is 12.6. The molecule has 1 aliphatic heterocycles. The maximum Gasteiger partial charge on any atom is 0.410 e. The average molecular weight is 240 g/mol. The number of carbonyl (C=O) groups excluding carboxylic acids is 1. The van der Waals surface area contributed by atoms with Crippen molar-refractivity contribution >= 4 is 6.09 Å². The zero-order valence-corrected chi connectivity index (χ0v) is 11.1. The molecule has 2 aliphatic rings. The van der Waals surface area contributed by atoms with Gasteiger partial charge in [0.25, 0.3) is 0 Å². The summed E-state index contributed by atoms with van der Waals surface area (Å²) in [5, 5.41) is 0. The number of ether oxygens (including phenoxy) is 1. The lowest BCUT2D eigenvalue weighted by atomic mass is 10.0. The van der Waals surface area contributed by atoms with Crippen molar-refractivity contribution in [2.24, 2.45) is 11.7 Å². The van der Waals surface area contributed by atoms with Crippen molar-refractivity contribution in [2.45, 2.75) is 64.1 Å². The lowest BCUT2D eigenvalue weighted by molar-refractivity contribution is 0.0210. The minimum Gasteiger partial charge on any atom is -0.444 e. The molecule has 1 heterocycles. The van der Waals surface area contributed by atoms with Gasteiger partial charge in [-0.15, -0.1) is 0 Å². The quantitative estimate of drug-likeness (QED) is 0.804. The molecule has 0 aromatic rings. The molecule has 1 unspecified atom stereocenters. The molecule has 0 spiro atoms. The smallest absolute Gasteiger partial charge is 0.410 e. The summed E-state index contributed by atoms with van der Waals surface area (Å²) in [6, 6.07) is 0.320. The normalized spacial score (nSPS) is 29.5. The predicted octanol–water partition coefficient (Wildman–Crippen LogP) is 2.12. The Labute approximate surface area is 103 Å². The Bertz CT molecular complexity index is 294. The molecular formula is C13H24N2O2. The van der Waals surface area contributed by atoms with Gasteiger partial charge in [0.15, 0.2) is 0 Å². The molecule has 4 nitrogen and oxygen atoms in total. The van der Waals surface area contributed by atoms with Crippen LogP contribution in [0, 0.1) is 5.92 Å². The Kier molecular flexibility index (Phi) is 3.34. The van der Waals surface area contributed by atoms with E-state index >= 15 is 0 Å². The molecule has 0 bridgehead atoms. The van der Waals surface area contributed by atoms with E-state index < -0.39 is 5.60 Å². The lowest BCUT2D eigenvalue weighted by Gasteiger charge is -2.29. The van der Waals surface area contributed by atoms with Crippen LogP contribution in [0.2, 0.25) is 0 Å². The molecule has 0 radical (unpaired) electrons. The molecule has 0 aromatic carbocycles. The molecule has 1 saturated heterocycles. The maximum atomic E-state index is 12.1. The van der Waals surface area contributed by atoms with Gasteiger partial charge in [-0.25, -0.2) is 4.79 Å². The SMILES string of the molecule is CC(C)(C)OC(=O)N1CC[C@@H](N)C1CC1CC1. The van der Waals surface area contributed by atoms with Crippen LogP contribution in [0.3, 0.4) is 0 Å². The van der Waals surface area contributed by atoms with Gasteiger partial charge in [-0.3, -0.25) is 0 Å². The van der Waals surface area contributed by atoms with Crippen LogP contribution >= 0.6 is 0 Å². The van der Waals surface area contributed by atoms with Crippen LogP contribution in [0.25, 0.3) is 0 Å². The number of hydrogen-bond acceptors (Lipinski definition) is 3. The molecule has 2 fully saturated rings. The molecule has 1 aliphatic carbocycles. The van der Waals surface area contributed by atoms with Gasteiger partial charge in [0.05, 0.1) is 6.04 Å². The number of rotatable bonds is 2. The van der Waals surface area contributed by atoms with Gasteiger partial charge in [0.1, 0.15) is 5.60 Å². The van der Waals surface area contributed by atoms with Crippen molar-refractivity contribution in [1.29, 1.82) is 0 Å². The fourth-order valence-corrected chi connectivity index (χ4v) is 2.42. The topological polar surface area (TPSA) is 55.6 Å². The van der Waals surface area contributed by atoms with Crippen molar-refractivity contribution < 1.29 is 9.53 Å². The van der Waals surface area contributed by atoms with Gasteiger partial charge in [-0.1, -0.05) is 12.8 Å². The molecular weight excluding hydrogens is 216 g/mol. The highest BCUT2D eigenvalue weighted by Gasteiger charge is 2.40. The number of hydrogen-bond donors (Lipinski definition) is 1. The van der Waals surface area contributed by atoms with Crippen LogP contribution < -0.4 is 5.73 Å². The van der Waals surface area contributed by atoms with E-state index in [1.165, 1.54) is 12.8 Å². The van der Waals surface area contributed by atoms with Crippen LogP contribution in [-0.4, -0.2) is 35.2 Å². The molecule has 2 atom stereocenters. The fraction of sp³-hybridized carbons (Fsp3) is 0.923. The summed E-state index contributed by atoms with van der Waals surface area (Å²) in [6.45, 7) is 6.44. The van der Waals surface area contributed by atoms with Crippen molar-refractivity contribution in [3.8, 4) is 0 Å². The molecule has 1 saturated carbocycles. The Morgan fingerprint density at radius 1 is 1.35 bits per heavy atom. The first-order chi connectivity index (χ1) is 7.87. The van der Waals surface area contributed by atoms with Crippen molar-refractivity contribution in [1.82, 2.24) is 4.90 Å². The first kappa shape index (κ1) is 12.7. The van der Waals surface area contributed by atoms with E-state index in [0.29, 0.717) is 0 Å². The number of nitrogens with zero attached hydrogens (tertiary/aromatic N) is 1. The first-order valence-electron chi connectivity index (χ1n) is 6.62. The van der Waals surface area contributed by atoms with Gasteiger partial charge < -0.3 is 15.4 Å². The molecule has 2 N–H and O–H groups in total. The van der Waals surface area contributed by atoms with Gasteiger partial charge in [0.2, 0.25) is 0 Å². The Morgan fingerprint density at radius 2 is 2.00 bits per heavy atom. The number of amides is 1. The molecule has 17 heavy (non-hydrogen) atoms. The molecule has 2 rings (SSSR count). The van der Waals surface area contributed by atoms with Gasteiger partial charge in [0, 0.05) is 12.6 Å². The monoisotopic (exact) mass is 240 g/mol. The van der Waals surface area contributed by atoms with E-state index in [2.05, 4.69) is 0 Å². The predicted molar refractivity (Wildman–Crippen MR) is 66.7 cm³/mol. The zero-order valence-electron chi connectivity index (χ0n) is 11.1. The Hall–Kier alpha value is -0.770. The summed E-state index contributed by atoms with van der Waals surface area (Å²) < 4.78 is 5.43. The summed E-state index contributed by atoms with van der Waals surface area (Å²) in [7, 11) is 0. The number of likely N-dealkylation sites (tertiary alicyclic amines) is 1. The minimum absolute atomic E-state index is 0.128. The molecule has 98 valence electrons. The molecule has 0 aromatic heterocycles. The van der Waals surface area contributed by atoms with Crippen LogP contribution in [0.5, 0.6) is 0 Å². The first-order valence-corrected chi connectivity index (χ1v) is 6.62. The Balaban J connectivity index is 1.95. The summed E-state index contributed by atoms with van der Waals surface area (Å²) in [4.78, 5) is 13.9. The van der Waals surface area contributed by atoms with Crippen LogP contribution in [0.15, 0.2) is 0 Å². The molecule has 1 amide bonds. The summed E-state index contributed by atoms with van der Waals surface area (Å²) >= 11 is 0. The van der Waals surface area contributed by atoms with E-state index in [0.717, 1.165) is 25.3 Å². The highest BCUT2D eigenvalue weighted by molar-refractivity contribution is 5.69. The largest absolute Gasteiger partial charge is 0.444 e. The second-order valence-electron chi connectivity index (χ2n) is 6.37. The number of nitrogens with two attached hydrogens (primary N) is 1. The van der Waals surface area contributed by atoms with Gasteiger partial charge in [-0.2, -0.15) is 0 Å². The maximum absolute atomic E-state index is 12.1. The van der Waals surface area contributed by atoms with E-state index in [1.807, 2.05) is 25.7 Å². The minimum atomic E-state index is -0.423.